The minimum absolute atomic E-state index is 0.208. The Morgan fingerprint density at radius 3 is 2.64 bits per heavy atom. The van der Waals surface area contributed by atoms with E-state index >= 15 is 0 Å². The van der Waals surface area contributed by atoms with Crippen molar-refractivity contribution in [1.29, 1.82) is 0 Å². The van der Waals surface area contributed by atoms with Crippen molar-refractivity contribution in [3.05, 3.63) is 0 Å². The summed E-state index contributed by atoms with van der Waals surface area (Å²) in [6.07, 6.45) is 0.472. The SMILES string of the molecule is CC1OCCC12CC(=O)N2S(=O)(=O)Cl. The highest BCUT2D eigenvalue weighted by Crippen LogP contribution is 2.45. The maximum atomic E-state index is 11.2. The molecule has 0 N–H and O–H groups in total. The number of ether oxygens (including phenoxy) is 1. The lowest BCUT2D eigenvalue weighted by molar-refractivity contribution is -0.148. The van der Waals surface area contributed by atoms with Crippen molar-refractivity contribution in [3.63, 3.8) is 0 Å². The third kappa shape index (κ3) is 1.17. The Kier molecular flexibility index (Phi) is 2.06. The molecule has 2 aliphatic rings. The summed E-state index contributed by atoms with van der Waals surface area (Å²) in [5, 5.41) is 0. The highest BCUT2D eigenvalue weighted by Gasteiger charge is 2.61. The van der Waals surface area contributed by atoms with Gasteiger partial charge in [0.15, 0.2) is 0 Å². The second-order valence-corrected chi connectivity index (χ2v) is 6.00. The summed E-state index contributed by atoms with van der Waals surface area (Å²) < 4.78 is 28.3. The van der Waals surface area contributed by atoms with Crippen LogP contribution < -0.4 is 0 Å². The molecule has 0 saturated carbocycles. The van der Waals surface area contributed by atoms with Gasteiger partial charge in [-0.3, -0.25) is 4.79 Å². The predicted molar refractivity (Wildman–Crippen MR) is 49.0 cm³/mol. The third-order valence-corrected chi connectivity index (χ3v) is 4.38. The number of hydrogen-bond acceptors (Lipinski definition) is 4. The standard InChI is InChI=1S/C7H10ClNO4S/c1-5-7(2-3-13-5)4-6(10)9(7)14(8,11)12/h5H,2-4H2,1H3. The van der Waals surface area contributed by atoms with Gasteiger partial charge in [0.05, 0.1) is 18.1 Å². The molecule has 1 spiro atoms. The number of β-lactam (4-membered cyclic amide) rings is 1. The molecule has 2 heterocycles. The van der Waals surface area contributed by atoms with E-state index in [0.29, 0.717) is 13.0 Å². The van der Waals surface area contributed by atoms with Crippen LogP contribution in [0.2, 0.25) is 0 Å². The van der Waals surface area contributed by atoms with Gasteiger partial charge < -0.3 is 4.74 Å². The van der Waals surface area contributed by atoms with Gasteiger partial charge in [-0.1, -0.05) is 0 Å². The fourth-order valence-corrected chi connectivity index (χ4v) is 3.86. The first-order valence-electron chi connectivity index (χ1n) is 4.27. The molecule has 5 nitrogen and oxygen atoms in total. The Bertz CT molecular complexity index is 381. The fourth-order valence-electron chi connectivity index (χ4n) is 2.17. The number of rotatable bonds is 1. The smallest absolute Gasteiger partial charge is 0.324 e. The van der Waals surface area contributed by atoms with Crippen molar-refractivity contribution in [3.8, 4) is 0 Å². The van der Waals surface area contributed by atoms with E-state index in [1.165, 1.54) is 0 Å². The predicted octanol–water partition coefficient (Wildman–Crippen LogP) is 0.250. The quantitative estimate of drug-likeness (QED) is 0.486. The molecule has 0 aliphatic carbocycles. The lowest BCUT2D eigenvalue weighted by Gasteiger charge is -2.48. The minimum Gasteiger partial charge on any atom is -0.376 e. The monoisotopic (exact) mass is 239 g/mol. The van der Waals surface area contributed by atoms with Crippen LogP contribution in [-0.4, -0.2) is 36.9 Å². The number of carbonyl (C=O) groups is 1. The molecule has 2 fully saturated rings. The number of amides is 1. The van der Waals surface area contributed by atoms with Crippen molar-refractivity contribution in [2.24, 2.45) is 0 Å². The van der Waals surface area contributed by atoms with Crippen LogP contribution in [0.1, 0.15) is 19.8 Å². The molecular weight excluding hydrogens is 230 g/mol. The first kappa shape index (κ1) is 10.2. The van der Waals surface area contributed by atoms with Crippen molar-refractivity contribution >= 4 is 25.8 Å². The van der Waals surface area contributed by atoms with Crippen molar-refractivity contribution < 1.29 is 17.9 Å². The lowest BCUT2D eigenvalue weighted by atomic mass is 9.81. The maximum absolute atomic E-state index is 11.2. The minimum atomic E-state index is -3.96. The van der Waals surface area contributed by atoms with Gasteiger partial charge in [0, 0.05) is 17.3 Å². The number of hydrogen-bond donors (Lipinski definition) is 0. The molecule has 2 saturated heterocycles. The van der Waals surface area contributed by atoms with Crippen LogP contribution in [0.25, 0.3) is 0 Å². The van der Waals surface area contributed by atoms with Gasteiger partial charge >= 0.3 is 9.24 Å². The van der Waals surface area contributed by atoms with Crippen molar-refractivity contribution in [2.75, 3.05) is 6.61 Å². The summed E-state index contributed by atoms with van der Waals surface area (Å²) in [4.78, 5) is 11.2. The summed E-state index contributed by atoms with van der Waals surface area (Å²) in [6.45, 7) is 2.23. The molecule has 1 amide bonds. The Balaban J connectivity index is 2.36. The zero-order valence-electron chi connectivity index (χ0n) is 7.57. The summed E-state index contributed by atoms with van der Waals surface area (Å²) in [7, 11) is 1.22. The first-order chi connectivity index (χ1) is 6.38. The highest BCUT2D eigenvalue weighted by atomic mass is 35.7. The molecule has 0 aromatic heterocycles. The van der Waals surface area contributed by atoms with Gasteiger partial charge in [-0.25, -0.2) is 4.31 Å². The molecule has 80 valence electrons. The van der Waals surface area contributed by atoms with Gasteiger partial charge in [0.1, 0.15) is 0 Å². The van der Waals surface area contributed by atoms with Crippen molar-refractivity contribution in [1.82, 2.24) is 4.31 Å². The van der Waals surface area contributed by atoms with Crippen LogP contribution in [0.3, 0.4) is 0 Å². The molecular formula is C7H10ClNO4S. The van der Waals surface area contributed by atoms with E-state index < -0.39 is 20.7 Å². The number of nitrogens with zero attached hydrogens (tertiary/aromatic N) is 1. The lowest BCUT2D eigenvalue weighted by Crippen LogP contribution is -2.67. The second-order valence-electron chi connectivity index (χ2n) is 3.64. The molecule has 2 atom stereocenters. The van der Waals surface area contributed by atoms with Crippen LogP contribution >= 0.6 is 10.7 Å². The maximum Gasteiger partial charge on any atom is 0.324 e. The van der Waals surface area contributed by atoms with E-state index in [9.17, 15) is 13.2 Å². The van der Waals surface area contributed by atoms with Gasteiger partial charge in [-0.2, -0.15) is 8.42 Å². The van der Waals surface area contributed by atoms with E-state index in [0.717, 1.165) is 4.31 Å². The third-order valence-electron chi connectivity index (χ3n) is 2.97. The van der Waals surface area contributed by atoms with Crippen LogP contribution in [0.4, 0.5) is 0 Å². The van der Waals surface area contributed by atoms with E-state index in [1.54, 1.807) is 6.92 Å². The van der Waals surface area contributed by atoms with E-state index in [2.05, 4.69) is 0 Å². The Morgan fingerprint density at radius 2 is 2.29 bits per heavy atom. The zero-order chi connectivity index (χ0) is 10.6. The van der Waals surface area contributed by atoms with Gasteiger partial charge in [0.2, 0.25) is 5.91 Å². The van der Waals surface area contributed by atoms with Gasteiger partial charge in [-0.15, -0.1) is 0 Å². The number of carbonyl (C=O) groups excluding carboxylic acids is 1. The van der Waals surface area contributed by atoms with E-state index in [4.69, 9.17) is 15.4 Å². The summed E-state index contributed by atoms with van der Waals surface area (Å²) >= 11 is 0. The van der Waals surface area contributed by atoms with Crippen molar-refractivity contribution in [2.45, 2.75) is 31.4 Å². The molecule has 0 radical (unpaired) electrons. The topological polar surface area (TPSA) is 63.7 Å². The van der Waals surface area contributed by atoms with Crippen LogP contribution in [0.15, 0.2) is 0 Å². The molecule has 2 rings (SSSR count). The average Bonchev–Trinajstić information content (AvgIpc) is 2.29. The van der Waals surface area contributed by atoms with Gasteiger partial charge in [-0.05, 0) is 13.3 Å². The first-order valence-corrected chi connectivity index (χ1v) is 6.54. The molecule has 0 bridgehead atoms. The molecule has 14 heavy (non-hydrogen) atoms. The van der Waals surface area contributed by atoms with Crippen LogP contribution in [-0.2, 0) is 18.8 Å². The summed E-state index contributed by atoms with van der Waals surface area (Å²) in [5.41, 5.74) is -0.711. The molecule has 0 aromatic carbocycles. The highest BCUT2D eigenvalue weighted by molar-refractivity contribution is 8.12. The molecule has 7 heteroatoms. The van der Waals surface area contributed by atoms with E-state index in [1.807, 2.05) is 0 Å². The fraction of sp³-hybridized carbons (Fsp3) is 0.857. The molecule has 2 aliphatic heterocycles. The van der Waals surface area contributed by atoms with Crippen LogP contribution in [0.5, 0.6) is 0 Å². The zero-order valence-corrected chi connectivity index (χ0v) is 9.14. The molecule has 2 unspecified atom stereocenters. The normalized spacial score (nSPS) is 37.7. The summed E-state index contributed by atoms with van der Waals surface area (Å²) in [5.74, 6) is -0.447. The van der Waals surface area contributed by atoms with Gasteiger partial charge in [0.25, 0.3) is 0 Å². The largest absolute Gasteiger partial charge is 0.376 e. The Morgan fingerprint density at radius 1 is 1.64 bits per heavy atom. The van der Waals surface area contributed by atoms with E-state index in [-0.39, 0.29) is 12.5 Å². The average molecular weight is 240 g/mol. The molecule has 0 aromatic rings. The second kappa shape index (κ2) is 2.84. The summed E-state index contributed by atoms with van der Waals surface area (Å²) in [6, 6.07) is 0. The van der Waals surface area contributed by atoms with Crippen LogP contribution in [0, 0.1) is 0 Å². The number of halogens is 1. The Hall–Kier alpha value is -0.330. The Labute approximate surface area is 86.5 Å².